The van der Waals surface area contributed by atoms with Crippen molar-refractivity contribution in [1.82, 2.24) is 20.5 Å². The van der Waals surface area contributed by atoms with Gasteiger partial charge in [-0.1, -0.05) is 30.3 Å². The standard InChI is InChI=1S/C22H29N5O/c1-2-23-22(25-14-12-20-6-3-4-13-24-20)26-16-18-8-10-19(11-9-18)17-27-15-5-7-21(27)28/h3-4,6,8-11,13H,2,5,7,12,14-17H2,1H3,(H2,23,25,26). The second-order valence-corrected chi connectivity index (χ2v) is 6.93. The molecule has 28 heavy (non-hydrogen) atoms. The van der Waals surface area contributed by atoms with Crippen molar-refractivity contribution in [3.63, 3.8) is 0 Å². The van der Waals surface area contributed by atoms with E-state index in [1.807, 2.05) is 29.3 Å². The molecular formula is C22H29N5O. The van der Waals surface area contributed by atoms with Crippen molar-refractivity contribution < 1.29 is 4.79 Å². The molecule has 1 aromatic heterocycles. The highest BCUT2D eigenvalue weighted by molar-refractivity contribution is 5.79. The highest BCUT2D eigenvalue weighted by Crippen LogP contribution is 2.15. The Bertz CT molecular complexity index is 773. The Balaban J connectivity index is 1.49. The smallest absolute Gasteiger partial charge is 0.222 e. The van der Waals surface area contributed by atoms with Gasteiger partial charge < -0.3 is 15.5 Å². The van der Waals surface area contributed by atoms with Crippen LogP contribution in [0.2, 0.25) is 0 Å². The fourth-order valence-corrected chi connectivity index (χ4v) is 3.21. The van der Waals surface area contributed by atoms with Crippen molar-refractivity contribution in [3.8, 4) is 0 Å². The van der Waals surface area contributed by atoms with Gasteiger partial charge in [0.25, 0.3) is 0 Å². The van der Waals surface area contributed by atoms with Gasteiger partial charge in [0, 0.05) is 50.9 Å². The lowest BCUT2D eigenvalue weighted by Crippen LogP contribution is -2.38. The minimum absolute atomic E-state index is 0.265. The molecule has 1 aliphatic heterocycles. The van der Waals surface area contributed by atoms with Gasteiger partial charge in [-0.2, -0.15) is 0 Å². The van der Waals surface area contributed by atoms with Gasteiger partial charge in [-0.05, 0) is 36.6 Å². The maximum atomic E-state index is 11.8. The number of likely N-dealkylation sites (tertiary alicyclic amines) is 1. The first-order chi connectivity index (χ1) is 13.7. The monoisotopic (exact) mass is 379 g/mol. The largest absolute Gasteiger partial charge is 0.357 e. The van der Waals surface area contributed by atoms with E-state index in [0.717, 1.165) is 49.7 Å². The average Bonchev–Trinajstić information content (AvgIpc) is 3.12. The molecule has 0 saturated carbocycles. The number of hydrogen-bond acceptors (Lipinski definition) is 3. The number of nitrogens with zero attached hydrogens (tertiary/aromatic N) is 3. The molecule has 3 rings (SSSR count). The quantitative estimate of drug-likeness (QED) is 0.546. The molecule has 2 heterocycles. The number of aliphatic imine (C=N–C) groups is 1. The first-order valence-electron chi connectivity index (χ1n) is 10.0. The van der Waals surface area contributed by atoms with Crippen molar-refractivity contribution in [1.29, 1.82) is 0 Å². The molecule has 0 atom stereocenters. The molecule has 6 nitrogen and oxygen atoms in total. The summed E-state index contributed by atoms with van der Waals surface area (Å²) >= 11 is 0. The molecule has 0 bridgehead atoms. The lowest BCUT2D eigenvalue weighted by molar-refractivity contribution is -0.128. The van der Waals surface area contributed by atoms with Crippen LogP contribution in [0.4, 0.5) is 0 Å². The van der Waals surface area contributed by atoms with Gasteiger partial charge in [-0.25, -0.2) is 4.99 Å². The van der Waals surface area contributed by atoms with Crippen molar-refractivity contribution in [2.24, 2.45) is 4.99 Å². The number of benzene rings is 1. The summed E-state index contributed by atoms with van der Waals surface area (Å²) in [5.74, 6) is 1.07. The highest BCUT2D eigenvalue weighted by atomic mass is 16.2. The number of hydrogen-bond donors (Lipinski definition) is 2. The molecule has 1 aliphatic rings. The van der Waals surface area contributed by atoms with E-state index in [1.54, 1.807) is 0 Å². The molecule has 2 N–H and O–H groups in total. The Hall–Kier alpha value is -2.89. The van der Waals surface area contributed by atoms with Crippen LogP contribution in [0, 0.1) is 0 Å². The van der Waals surface area contributed by atoms with E-state index < -0.39 is 0 Å². The third-order valence-corrected chi connectivity index (χ3v) is 4.73. The van der Waals surface area contributed by atoms with Gasteiger partial charge in [0.1, 0.15) is 0 Å². The topological polar surface area (TPSA) is 69.6 Å². The Kier molecular flexibility index (Phi) is 7.41. The molecule has 6 heteroatoms. The highest BCUT2D eigenvalue weighted by Gasteiger charge is 2.19. The number of nitrogens with one attached hydrogen (secondary N) is 2. The van der Waals surface area contributed by atoms with Gasteiger partial charge >= 0.3 is 0 Å². The number of carbonyl (C=O) groups excluding carboxylic acids is 1. The van der Waals surface area contributed by atoms with Gasteiger partial charge in [0.2, 0.25) is 5.91 Å². The molecule has 1 amide bonds. The summed E-state index contributed by atoms with van der Waals surface area (Å²) in [4.78, 5) is 22.7. The predicted octanol–water partition coefficient (Wildman–Crippen LogP) is 2.50. The predicted molar refractivity (Wildman–Crippen MR) is 112 cm³/mol. The molecule has 1 saturated heterocycles. The number of pyridine rings is 1. The minimum atomic E-state index is 0.265. The average molecular weight is 380 g/mol. The van der Waals surface area contributed by atoms with Crippen LogP contribution in [-0.2, 0) is 24.3 Å². The molecule has 0 spiro atoms. The normalized spacial score (nSPS) is 14.4. The zero-order chi connectivity index (χ0) is 19.6. The van der Waals surface area contributed by atoms with Gasteiger partial charge in [0.05, 0.1) is 6.54 Å². The van der Waals surface area contributed by atoms with Crippen LogP contribution in [0.3, 0.4) is 0 Å². The summed E-state index contributed by atoms with van der Waals surface area (Å²) in [6.45, 7) is 5.86. The summed E-state index contributed by atoms with van der Waals surface area (Å²) in [7, 11) is 0. The van der Waals surface area contributed by atoms with E-state index in [9.17, 15) is 4.79 Å². The van der Waals surface area contributed by atoms with Gasteiger partial charge in [-0.3, -0.25) is 9.78 Å². The molecular weight excluding hydrogens is 350 g/mol. The Morgan fingerprint density at radius 2 is 1.96 bits per heavy atom. The Morgan fingerprint density at radius 1 is 1.14 bits per heavy atom. The maximum Gasteiger partial charge on any atom is 0.222 e. The molecule has 1 aromatic carbocycles. The second-order valence-electron chi connectivity index (χ2n) is 6.93. The molecule has 0 aliphatic carbocycles. The van der Waals surface area contributed by atoms with Crippen molar-refractivity contribution in [3.05, 3.63) is 65.5 Å². The zero-order valence-electron chi connectivity index (χ0n) is 16.5. The van der Waals surface area contributed by atoms with Crippen LogP contribution in [0.5, 0.6) is 0 Å². The summed E-state index contributed by atoms with van der Waals surface area (Å²) in [5, 5.41) is 6.64. The number of aromatic nitrogens is 1. The third kappa shape index (κ3) is 6.08. The fraction of sp³-hybridized carbons (Fsp3) is 0.409. The lowest BCUT2D eigenvalue weighted by Gasteiger charge is -2.15. The SMILES string of the molecule is CCNC(=NCc1ccc(CN2CCCC2=O)cc1)NCCc1ccccn1. The summed E-state index contributed by atoms with van der Waals surface area (Å²) in [6.07, 6.45) is 4.34. The fourth-order valence-electron chi connectivity index (χ4n) is 3.21. The van der Waals surface area contributed by atoms with Crippen molar-refractivity contribution >= 4 is 11.9 Å². The minimum Gasteiger partial charge on any atom is -0.357 e. The van der Waals surface area contributed by atoms with Crippen molar-refractivity contribution in [2.45, 2.75) is 39.3 Å². The van der Waals surface area contributed by atoms with E-state index in [2.05, 4.69) is 51.8 Å². The van der Waals surface area contributed by atoms with E-state index >= 15 is 0 Å². The number of carbonyl (C=O) groups is 1. The molecule has 2 aromatic rings. The van der Waals surface area contributed by atoms with Crippen LogP contribution >= 0.6 is 0 Å². The Labute approximate surface area is 167 Å². The zero-order valence-corrected chi connectivity index (χ0v) is 16.5. The number of rotatable bonds is 8. The molecule has 0 unspecified atom stereocenters. The van der Waals surface area contributed by atoms with Crippen LogP contribution < -0.4 is 10.6 Å². The van der Waals surface area contributed by atoms with E-state index in [0.29, 0.717) is 19.5 Å². The van der Waals surface area contributed by atoms with E-state index in [-0.39, 0.29) is 5.91 Å². The number of guanidine groups is 1. The third-order valence-electron chi connectivity index (χ3n) is 4.73. The van der Waals surface area contributed by atoms with Gasteiger partial charge in [-0.15, -0.1) is 0 Å². The van der Waals surface area contributed by atoms with E-state index in [4.69, 9.17) is 0 Å². The molecule has 1 fully saturated rings. The molecule has 0 radical (unpaired) electrons. The lowest BCUT2D eigenvalue weighted by atomic mass is 10.1. The maximum absolute atomic E-state index is 11.8. The van der Waals surface area contributed by atoms with Crippen LogP contribution in [0.25, 0.3) is 0 Å². The van der Waals surface area contributed by atoms with Crippen molar-refractivity contribution in [2.75, 3.05) is 19.6 Å². The van der Waals surface area contributed by atoms with Gasteiger partial charge in [0.15, 0.2) is 5.96 Å². The number of amides is 1. The summed E-state index contributed by atoms with van der Waals surface area (Å²) in [6, 6.07) is 14.3. The first kappa shape index (κ1) is 19.9. The summed E-state index contributed by atoms with van der Waals surface area (Å²) < 4.78 is 0. The second kappa shape index (κ2) is 10.4. The molecule has 148 valence electrons. The first-order valence-corrected chi connectivity index (χ1v) is 10.0. The Morgan fingerprint density at radius 3 is 2.64 bits per heavy atom. The summed E-state index contributed by atoms with van der Waals surface area (Å²) in [5.41, 5.74) is 3.39. The van der Waals surface area contributed by atoms with Crippen LogP contribution in [-0.4, -0.2) is 41.4 Å². The van der Waals surface area contributed by atoms with Crippen LogP contribution in [0.1, 0.15) is 36.6 Å². The van der Waals surface area contributed by atoms with Crippen LogP contribution in [0.15, 0.2) is 53.7 Å². The van der Waals surface area contributed by atoms with E-state index in [1.165, 1.54) is 5.56 Å².